The fourth-order valence-electron chi connectivity index (χ4n) is 2.97. The van der Waals surface area contributed by atoms with E-state index in [9.17, 15) is 13.2 Å². The number of nitrogens with one attached hydrogen (secondary N) is 1. The van der Waals surface area contributed by atoms with Gasteiger partial charge in [0.05, 0.1) is 12.0 Å². The summed E-state index contributed by atoms with van der Waals surface area (Å²) >= 11 is 0. The summed E-state index contributed by atoms with van der Waals surface area (Å²) in [6.07, 6.45) is 7.49. The molecule has 24 heavy (non-hydrogen) atoms. The van der Waals surface area contributed by atoms with E-state index < -0.39 is 22.0 Å². The highest BCUT2D eigenvalue weighted by Gasteiger charge is 2.24. The quantitative estimate of drug-likeness (QED) is 0.463. The number of nitrogens with zero attached hydrogens (tertiary/aromatic N) is 1. The molecule has 2 rings (SSSR count). The molecule has 1 atom stereocenters. The van der Waals surface area contributed by atoms with E-state index in [4.69, 9.17) is 4.74 Å². The summed E-state index contributed by atoms with van der Waals surface area (Å²) in [4.78, 5) is 12.0. The zero-order chi connectivity index (χ0) is 17.4. The molecular weight excluding hydrogens is 328 g/mol. The maximum absolute atomic E-state index is 12.1. The Morgan fingerprint density at radius 2 is 1.96 bits per heavy atom. The first kappa shape index (κ1) is 18.4. The molecular formula is C17H24N2O4S. The van der Waals surface area contributed by atoms with Crippen LogP contribution < -0.4 is 5.32 Å². The van der Waals surface area contributed by atoms with Gasteiger partial charge in [0.25, 0.3) is 10.0 Å². The molecule has 0 spiro atoms. The molecule has 0 aliphatic heterocycles. The standard InChI is InChI=1S/C17H24N2O4S/c1-23-17(20)16(12-14-8-4-2-5-9-14)18-13-19-24(21,22)15-10-6-3-7-11-15/h3,6-7,10-11,13-14,16H,2,4-5,8-9,12H2,1H3,(H,18,19). The van der Waals surface area contributed by atoms with Crippen molar-refractivity contribution in [2.24, 2.45) is 10.3 Å². The Morgan fingerprint density at radius 3 is 2.58 bits per heavy atom. The van der Waals surface area contributed by atoms with Gasteiger partial charge in [-0.15, -0.1) is 4.40 Å². The van der Waals surface area contributed by atoms with Crippen LogP contribution >= 0.6 is 0 Å². The molecule has 1 aromatic carbocycles. The minimum Gasteiger partial charge on any atom is -0.467 e. The number of methoxy groups -OCH3 is 1. The average molecular weight is 352 g/mol. The number of ether oxygens (including phenoxy) is 1. The highest BCUT2D eigenvalue weighted by molar-refractivity contribution is 7.90. The van der Waals surface area contributed by atoms with Crippen LogP contribution in [-0.2, 0) is 19.6 Å². The van der Waals surface area contributed by atoms with Crippen LogP contribution in [0.3, 0.4) is 0 Å². The molecule has 1 aromatic rings. The normalized spacial score (nSPS) is 17.5. The minimum atomic E-state index is -3.77. The van der Waals surface area contributed by atoms with Crippen molar-refractivity contribution < 1.29 is 17.9 Å². The van der Waals surface area contributed by atoms with Crippen molar-refractivity contribution in [3.8, 4) is 0 Å². The summed E-state index contributed by atoms with van der Waals surface area (Å²) in [6.45, 7) is 0. The van der Waals surface area contributed by atoms with E-state index in [1.165, 1.54) is 38.5 Å². The van der Waals surface area contributed by atoms with Crippen molar-refractivity contribution in [2.45, 2.75) is 49.5 Å². The first-order chi connectivity index (χ1) is 11.5. The lowest BCUT2D eigenvalue weighted by Crippen LogP contribution is -2.39. The molecule has 1 aliphatic rings. The fourth-order valence-corrected chi connectivity index (χ4v) is 3.80. The summed E-state index contributed by atoms with van der Waals surface area (Å²) in [5.74, 6) is 0.0543. The minimum absolute atomic E-state index is 0.116. The number of esters is 1. The topological polar surface area (TPSA) is 84.8 Å². The number of carbonyl (C=O) groups excluding carboxylic acids is 1. The predicted molar refractivity (Wildman–Crippen MR) is 92.3 cm³/mol. The number of benzene rings is 1. The molecule has 0 bridgehead atoms. The largest absolute Gasteiger partial charge is 0.467 e. The van der Waals surface area contributed by atoms with Crippen molar-refractivity contribution in [1.82, 2.24) is 5.32 Å². The third-order valence-corrected chi connectivity index (χ3v) is 5.54. The number of rotatable bonds is 7. The van der Waals surface area contributed by atoms with Gasteiger partial charge in [0, 0.05) is 0 Å². The van der Waals surface area contributed by atoms with Gasteiger partial charge in [-0.2, -0.15) is 8.42 Å². The number of hydrogen-bond acceptors (Lipinski definition) is 4. The van der Waals surface area contributed by atoms with E-state index in [2.05, 4.69) is 9.71 Å². The third-order valence-electron chi connectivity index (χ3n) is 4.29. The fraction of sp³-hybridized carbons (Fsp3) is 0.529. The van der Waals surface area contributed by atoms with E-state index in [0.29, 0.717) is 12.3 Å². The van der Waals surface area contributed by atoms with Crippen molar-refractivity contribution in [3.63, 3.8) is 0 Å². The van der Waals surface area contributed by atoms with Crippen LogP contribution in [0.25, 0.3) is 0 Å². The Kier molecular flexibility index (Phi) is 6.78. The summed E-state index contributed by atoms with van der Waals surface area (Å²) in [5, 5.41) is 2.80. The first-order valence-corrected chi connectivity index (χ1v) is 9.64. The molecule has 7 heteroatoms. The van der Waals surface area contributed by atoms with E-state index in [0.717, 1.165) is 19.2 Å². The maximum atomic E-state index is 12.1. The lowest BCUT2D eigenvalue weighted by molar-refractivity contribution is -0.143. The average Bonchev–Trinajstić information content (AvgIpc) is 2.61. The molecule has 1 aliphatic carbocycles. The van der Waals surface area contributed by atoms with Crippen LogP contribution in [-0.4, -0.2) is 33.9 Å². The van der Waals surface area contributed by atoms with Crippen molar-refractivity contribution in [2.75, 3.05) is 7.11 Å². The van der Waals surface area contributed by atoms with Gasteiger partial charge in [-0.1, -0.05) is 50.3 Å². The molecule has 1 N–H and O–H groups in total. The van der Waals surface area contributed by atoms with Gasteiger partial charge in [-0.25, -0.2) is 4.79 Å². The van der Waals surface area contributed by atoms with E-state index in [-0.39, 0.29) is 4.90 Å². The van der Waals surface area contributed by atoms with Crippen LogP contribution in [0.2, 0.25) is 0 Å². The highest BCUT2D eigenvalue weighted by atomic mass is 32.2. The molecule has 0 amide bonds. The Bertz CT molecular complexity index is 652. The van der Waals surface area contributed by atoms with Gasteiger partial charge >= 0.3 is 5.97 Å². The second kappa shape index (κ2) is 8.82. The third kappa shape index (κ3) is 5.33. The lowest BCUT2D eigenvalue weighted by atomic mass is 9.85. The zero-order valence-corrected chi connectivity index (χ0v) is 14.7. The Labute approximate surface area is 143 Å². The molecule has 1 fully saturated rings. The summed E-state index contributed by atoms with van der Waals surface area (Å²) in [7, 11) is -2.44. The summed E-state index contributed by atoms with van der Waals surface area (Å²) in [5.41, 5.74) is 0. The van der Waals surface area contributed by atoms with E-state index >= 15 is 0 Å². The monoisotopic (exact) mass is 352 g/mol. The first-order valence-electron chi connectivity index (χ1n) is 8.20. The predicted octanol–water partition coefficient (Wildman–Crippen LogP) is 2.51. The maximum Gasteiger partial charge on any atom is 0.328 e. The van der Waals surface area contributed by atoms with Crippen molar-refractivity contribution >= 4 is 22.3 Å². The van der Waals surface area contributed by atoms with Crippen LogP contribution in [0.1, 0.15) is 38.5 Å². The molecule has 0 aromatic heterocycles. The van der Waals surface area contributed by atoms with Gasteiger partial charge in [0.15, 0.2) is 0 Å². The van der Waals surface area contributed by atoms with Crippen LogP contribution in [0.15, 0.2) is 39.6 Å². The van der Waals surface area contributed by atoms with Gasteiger partial charge < -0.3 is 10.1 Å². The molecule has 132 valence electrons. The second-order valence-corrected chi connectivity index (χ2v) is 7.64. The van der Waals surface area contributed by atoms with Crippen molar-refractivity contribution in [1.29, 1.82) is 0 Å². The van der Waals surface area contributed by atoms with Gasteiger partial charge in [0.2, 0.25) is 0 Å². The molecule has 0 heterocycles. The molecule has 0 radical (unpaired) electrons. The summed E-state index contributed by atoms with van der Waals surface area (Å²) < 4.78 is 32.6. The Balaban J connectivity index is 2.00. The molecule has 6 nitrogen and oxygen atoms in total. The van der Waals surface area contributed by atoms with E-state index in [1.807, 2.05) is 0 Å². The number of carbonyl (C=O) groups is 1. The van der Waals surface area contributed by atoms with Crippen LogP contribution in [0, 0.1) is 5.92 Å². The highest BCUT2D eigenvalue weighted by Crippen LogP contribution is 2.27. The van der Waals surface area contributed by atoms with E-state index in [1.54, 1.807) is 18.2 Å². The Hall–Kier alpha value is -1.89. The molecule has 1 saturated carbocycles. The smallest absolute Gasteiger partial charge is 0.328 e. The van der Waals surface area contributed by atoms with Crippen molar-refractivity contribution in [3.05, 3.63) is 30.3 Å². The zero-order valence-electron chi connectivity index (χ0n) is 13.8. The summed E-state index contributed by atoms with van der Waals surface area (Å²) in [6, 6.07) is 7.39. The van der Waals surface area contributed by atoms with Gasteiger partial charge in [0.1, 0.15) is 12.4 Å². The molecule has 0 saturated heterocycles. The second-order valence-electron chi connectivity index (χ2n) is 6.00. The van der Waals surface area contributed by atoms with Gasteiger partial charge in [-0.3, -0.25) is 0 Å². The Morgan fingerprint density at radius 1 is 1.29 bits per heavy atom. The van der Waals surface area contributed by atoms with Gasteiger partial charge in [-0.05, 0) is 24.5 Å². The lowest BCUT2D eigenvalue weighted by Gasteiger charge is -2.25. The number of hydrogen-bond donors (Lipinski definition) is 1. The SMILES string of the molecule is COC(=O)C(CC1CCCCC1)N/C=N/S(=O)(=O)c1ccccc1. The molecule has 1 unspecified atom stereocenters. The van der Waals surface area contributed by atoms with Crippen LogP contribution in [0.5, 0.6) is 0 Å². The van der Waals surface area contributed by atoms with Crippen LogP contribution in [0.4, 0.5) is 0 Å². The number of sulfonamides is 1.